The molecule has 3 aromatic rings. The van der Waals surface area contributed by atoms with Crippen LogP contribution in [-0.2, 0) is 11.3 Å². The molecule has 9 heteroatoms. The molecule has 0 radical (unpaired) electrons. The van der Waals surface area contributed by atoms with Gasteiger partial charge in [-0.25, -0.2) is 0 Å². The number of amides is 2. The fourth-order valence-corrected chi connectivity index (χ4v) is 2.89. The summed E-state index contributed by atoms with van der Waals surface area (Å²) in [6.45, 7) is 2.61. The highest BCUT2D eigenvalue weighted by Gasteiger charge is 2.22. The molecule has 0 saturated heterocycles. The van der Waals surface area contributed by atoms with E-state index in [4.69, 9.17) is 13.6 Å². The first-order valence-electron chi connectivity index (χ1n) is 8.86. The molecule has 0 aliphatic carbocycles. The molecule has 2 aromatic heterocycles. The largest absolute Gasteiger partial charge is 0.482 e. The topological polar surface area (TPSA) is 111 Å². The molecule has 144 valence electrons. The lowest BCUT2D eigenvalue weighted by Crippen LogP contribution is -2.32. The number of nitrogens with one attached hydrogen (secondary N) is 1. The van der Waals surface area contributed by atoms with Crippen LogP contribution in [0.5, 0.6) is 5.75 Å². The predicted octanol–water partition coefficient (Wildman–Crippen LogP) is 2.71. The second-order valence-electron chi connectivity index (χ2n) is 6.25. The van der Waals surface area contributed by atoms with Gasteiger partial charge in [-0.3, -0.25) is 9.59 Å². The number of fused-ring (bicyclic) bond motifs is 1. The van der Waals surface area contributed by atoms with E-state index in [0.717, 1.165) is 6.42 Å². The van der Waals surface area contributed by atoms with Crippen LogP contribution in [-0.4, -0.2) is 40.1 Å². The van der Waals surface area contributed by atoms with Gasteiger partial charge in [0, 0.05) is 12.1 Å². The Hall–Kier alpha value is -3.62. The molecule has 0 saturated carbocycles. The van der Waals surface area contributed by atoms with Crippen LogP contribution in [0.25, 0.3) is 11.7 Å². The third-order valence-electron chi connectivity index (χ3n) is 4.17. The Kier molecular flexibility index (Phi) is 4.79. The highest BCUT2D eigenvalue weighted by molar-refractivity contribution is 5.99. The van der Waals surface area contributed by atoms with Crippen LogP contribution in [0.3, 0.4) is 0 Å². The normalized spacial score (nSPS) is 12.8. The summed E-state index contributed by atoms with van der Waals surface area (Å²) in [7, 11) is 0. The van der Waals surface area contributed by atoms with Crippen LogP contribution in [0, 0.1) is 0 Å². The number of anilines is 1. The molecule has 1 aliphatic rings. The van der Waals surface area contributed by atoms with E-state index in [-0.39, 0.29) is 30.9 Å². The molecule has 2 amide bonds. The Morgan fingerprint density at radius 2 is 2.18 bits per heavy atom. The molecule has 0 bridgehead atoms. The zero-order chi connectivity index (χ0) is 19.5. The maximum atomic E-state index is 13.0. The molecular formula is C19H18N4O5. The Labute approximate surface area is 160 Å². The van der Waals surface area contributed by atoms with Gasteiger partial charge >= 0.3 is 0 Å². The Morgan fingerprint density at radius 3 is 2.96 bits per heavy atom. The SMILES string of the molecule is CCCN(Cc1nnc(-c2ccco2)o1)C(=O)c1ccc2c(c1)OCC(=O)N2. The van der Waals surface area contributed by atoms with Crippen molar-refractivity contribution in [2.24, 2.45) is 0 Å². The van der Waals surface area contributed by atoms with Crippen molar-refractivity contribution < 1.29 is 23.2 Å². The molecule has 1 N–H and O–H groups in total. The molecule has 1 aromatic carbocycles. The summed E-state index contributed by atoms with van der Waals surface area (Å²) in [4.78, 5) is 26.0. The van der Waals surface area contributed by atoms with Crippen molar-refractivity contribution in [2.75, 3.05) is 18.5 Å². The van der Waals surface area contributed by atoms with E-state index in [0.29, 0.717) is 35.2 Å². The van der Waals surface area contributed by atoms with Crippen LogP contribution in [0.2, 0.25) is 0 Å². The van der Waals surface area contributed by atoms with Crippen molar-refractivity contribution in [3.8, 4) is 17.4 Å². The van der Waals surface area contributed by atoms with E-state index in [1.807, 2.05) is 6.92 Å². The molecule has 9 nitrogen and oxygen atoms in total. The second kappa shape index (κ2) is 7.55. The third-order valence-corrected chi connectivity index (χ3v) is 4.17. The van der Waals surface area contributed by atoms with E-state index in [1.165, 1.54) is 6.26 Å². The maximum Gasteiger partial charge on any atom is 0.283 e. The smallest absolute Gasteiger partial charge is 0.283 e. The number of carbonyl (C=O) groups is 2. The van der Waals surface area contributed by atoms with Gasteiger partial charge in [0.2, 0.25) is 5.89 Å². The van der Waals surface area contributed by atoms with Crippen molar-refractivity contribution in [3.63, 3.8) is 0 Å². The quantitative estimate of drug-likeness (QED) is 0.698. The zero-order valence-electron chi connectivity index (χ0n) is 15.2. The van der Waals surface area contributed by atoms with Crippen LogP contribution >= 0.6 is 0 Å². The van der Waals surface area contributed by atoms with Gasteiger partial charge < -0.3 is 23.8 Å². The predicted molar refractivity (Wildman–Crippen MR) is 97.6 cm³/mol. The van der Waals surface area contributed by atoms with Crippen LogP contribution in [0.4, 0.5) is 5.69 Å². The van der Waals surface area contributed by atoms with Crippen LogP contribution in [0.1, 0.15) is 29.6 Å². The fraction of sp³-hybridized carbons (Fsp3) is 0.263. The lowest BCUT2D eigenvalue weighted by Gasteiger charge is -2.22. The first-order chi connectivity index (χ1) is 13.6. The second-order valence-corrected chi connectivity index (χ2v) is 6.25. The molecule has 0 unspecified atom stereocenters. The minimum Gasteiger partial charge on any atom is -0.482 e. The number of ether oxygens (including phenoxy) is 1. The number of rotatable bonds is 6. The zero-order valence-corrected chi connectivity index (χ0v) is 15.2. The number of hydrogen-bond donors (Lipinski definition) is 1. The molecule has 0 spiro atoms. The number of nitrogens with zero attached hydrogens (tertiary/aromatic N) is 3. The summed E-state index contributed by atoms with van der Waals surface area (Å²) in [6.07, 6.45) is 2.29. The lowest BCUT2D eigenvalue weighted by atomic mass is 10.1. The third kappa shape index (κ3) is 3.59. The minimum atomic E-state index is -0.219. The van der Waals surface area contributed by atoms with Crippen molar-refractivity contribution in [1.82, 2.24) is 15.1 Å². The molecular weight excluding hydrogens is 364 g/mol. The minimum absolute atomic E-state index is 0.0686. The average Bonchev–Trinajstić information content (AvgIpc) is 3.38. The average molecular weight is 382 g/mol. The fourth-order valence-electron chi connectivity index (χ4n) is 2.89. The van der Waals surface area contributed by atoms with Gasteiger partial charge in [0.15, 0.2) is 12.4 Å². The van der Waals surface area contributed by atoms with E-state index >= 15 is 0 Å². The van der Waals surface area contributed by atoms with Crippen LogP contribution in [0.15, 0.2) is 45.4 Å². The molecule has 3 heterocycles. The van der Waals surface area contributed by atoms with Gasteiger partial charge in [0.05, 0.1) is 18.5 Å². The number of furan rings is 1. The number of hydrogen-bond acceptors (Lipinski definition) is 7. The summed E-state index contributed by atoms with van der Waals surface area (Å²) in [5, 5.41) is 10.7. The first kappa shape index (κ1) is 17.8. The van der Waals surface area contributed by atoms with Gasteiger partial charge in [-0.15, -0.1) is 10.2 Å². The standard InChI is InChI=1S/C19H18N4O5/c1-2-7-23(10-17-21-22-18(28-17)14-4-3-8-26-14)19(25)12-5-6-13-15(9-12)27-11-16(24)20-13/h3-6,8-9H,2,7,10-11H2,1H3,(H,20,24). The maximum absolute atomic E-state index is 13.0. The van der Waals surface area contributed by atoms with Crippen molar-refractivity contribution in [3.05, 3.63) is 48.0 Å². The van der Waals surface area contributed by atoms with Crippen molar-refractivity contribution in [1.29, 1.82) is 0 Å². The highest BCUT2D eigenvalue weighted by atomic mass is 16.5. The molecule has 0 fully saturated rings. The summed E-state index contributed by atoms with van der Waals surface area (Å²) in [5.74, 6) is 1.11. The van der Waals surface area contributed by atoms with Gasteiger partial charge in [-0.05, 0) is 36.8 Å². The van der Waals surface area contributed by atoms with Gasteiger partial charge in [0.1, 0.15) is 5.75 Å². The number of benzene rings is 1. The Balaban J connectivity index is 1.53. The highest BCUT2D eigenvalue weighted by Crippen LogP contribution is 2.29. The van der Waals surface area contributed by atoms with Gasteiger partial charge in [-0.1, -0.05) is 6.92 Å². The Morgan fingerprint density at radius 1 is 1.29 bits per heavy atom. The summed E-state index contributed by atoms with van der Waals surface area (Å²) >= 11 is 0. The monoisotopic (exact) mass is 382 g/mol. The van der Waals surface area contributed by atoms with E-state index in [2.05, 4.69) is 15.5 Å². The molecule has 28 heavy (non-hydrogen) atoms. The molecule has 1 aliphatic heterocycles. The van der Waals surface area contributed by atoms with E-state index in [1.54, 1.807) is 35.2 Å². The molecule has 0 atom stereocenters. The molecule has 4 rings (SSSR count). The van der Waals surface area contributed by atoms with E-state index in [9.17, 15) is 9.59 Å². The lowest BCUT2D eigenvalue weighted by molar-refractivity contribution is -0.118. The van der Waals surface area contributed by atoms with Crippen molar-refractivity contribution >= 4 is 17.5 Å². The van der Waals surface area contributed by atoms with E-state index < -0.39 is 0 Å². The van der Waals surface area contributed by atoms with Crippen molar-refractivity contribution in [2.45, 2.75) is 19.9 Å². The first-order valence-corrected chi connectivity index (χ1v) is 8.86. The number of aromatic nitrogens is 2. The number of carbonyl (C=O) groups excluding carboxylic acids is 2. The summed E-state index contributed by atoms with van der Waals surface area (Å²) in [5.41, 5.74) is 1.00. The summed E-state index contributed by atoms with van der Waals surface area (Å²) in [6, 6.07) is 8.39. The Bertz CT molecular complexity index is 996. The van der Waals surface area contributed by atoms with Gasteiger partial charge in [0.25, 0.3) is 17.7 Å². The van der Waals surface area contributed by atoms with Gasteiger partial charge in [-0.2, -0.15) is 0 Å². The summed E-state index contributed by atoms with van der Waals surface area (Å²) < 4.78 is 16.2. The van der Waals surface area contributed by atoms with Crippen LogP contribution < -0.4 is 10.1 Å².